The number of hydrogen-bond acceptors (Lipinski definition) is 1. The molecule has 0 aliphatic carbocycles. The second kappa shape index (κ2) is 2.35. The summed E-state index contributed by atoms with van der Waals surface area (Å²) in [7, 11) is 0. The number of hydrogen-bond donors (Lipinski definition) is 0. The number of thiophene rings is 1. The van der Waals surface area contributed by atoms with E-state index in [2.05, 4.69) is 37.4 Å². The van der Waals surface area contributed by atoms with E-state index in [0.29, 0.717) is 0 Å². The Morgan fingerprint density at radius 2 is 2.09 bits per heavy atom. The molecule has 1 aromatic carbocycles. The zero-order chi connectivity index (χ0) is 7.84. The van der Waals surface area contributed by atoms with E-state index in [0.717, 1.165) is 0 Å². The molecule has 0 aliphatic rings. The van der Waals surface area contributed by atoms with Crippen LogP contribution in [0.5, 0.6) is 0 Å². The zero-order valence-corrected chi connectivity index (χ0v) is 7.46. The molecule has 1 radical (unpaired) electrons. The van der Waals surface area contributed by atoms with Gasteiger partial charge in [-0.1, -0.05) is 6.07 Å². The predicted molar refractivity (Wildman–Crippen MR) is 50.1 cm³/mol. The van der Waals surface area contributed by atoms with E-state index in [-0.39, 0.29) is 0 Å². The largest absolute Gasteiger partial charge is 0.134 e. The molecular formula is C10H9S. The van der Waals surface area contributed by atoms with Crippen LogP contribution in [0.3, 0.4) is 0 Å². The fraction of sp³-hybridized carbons (Fsp3) is 0.200. The van der Waals surface area contributed by atoms with Gasteiger partial charge in [-0.25, -0.2) is 0 Å². The van der Waals surface area contributed by atoms with Crippen LogP contribution in [0, 0.1) is 19.2 Å². The van der Waals surface area contributed by atoms with Crippen molar-refractivity contribution in [2.24, 2.45) is 0 Å². The fourth-order valence-corrected chi connectivity index (χ4v) is 2.24. The molecule has 1 heteroatoms. The normalized spacial score (nSPS) is 10.7. The molecule has 0 fully saturated rings. The van der Waals surface area contributed by atoms with Gasteiger partial charge in [-0.2, -0.15) is 0 Å². The van der Waals surface area contributed by atoms with Crippen LogP contribution >= 0.6 is 11.3 Å². The minimum absolute atomic E-state index is 1.34. The van der Waals surface area contributed by atoms with Crippen molar-refractivity contribution in [2.45, 2.75) is 13.8 Å². The van der Waals surface area contributed by atoms with Gasteiger partial charge in [0.2, 0.25) is 0 Å². The van der Waals surface area contributed by atoms with Crippen molar-refractivity contribution >= 4 is 21.4 Å². The first kappa shape index (κ1) is 6.86. The van der Waals surface area contributed by atoms with E-state index >= 15 is 0 Å². The number of fused-ring (bicyclic) bond motifs is 1. The van der Waals surface area contributed by atoms with Crippen molar-refractivity contribution in [1.82, 2.24) is 0 Å². The van der Waals surface area contributed by atoms with E-state index in [1.54, 1.807) is 11.3 Å². The smallest absolute Gasteiger partial charge is 0.0455 e. The third kappa shape index (κ3) is 1.05. The minimum Gasteiger partial charge on any atom is -0.134 e. The first-order valence-electron chi connectivity index (χ1n) is 3.64. The summed E-state index contributed by atoms with van der Waals surface area (Å²) >= 11 is 1.69. The SMILES string of the molecule is Cc1cc(C)c2c[c]sc2c1. The molecule has 0 bridgehead atoms. The summed E-state index contributed by atoms with van der Waals surface area (Å²) in [5, 5.41) is 4.50. The van der Waals surface area contributed by atoms with Crippen molar-refractivity contribution in [3.8, 4) is 0 Å². The van der Waals surface area contributed by atoms with Crippen molar-refractivity contribution < 1.29 is 0 Å². The van der Waals surface area contributed by atoms with Gasteiger partial charge < -0.3 is 0 Å². The average Bonchev–Trinajstić information content (AvgIpc) is 2.34. The van der Waals surface area contributed by atoms with Crippen LogP contribution in [0.15, 0.2) is 18.2 Å². The lowest BCUT2D eigenvalue weighted by Gasteiger charge is -1.97. The minimum atomic E-state index is 1.34. The van der Waals surface area contributed by atoms with Gasteiger partial charge in [0.05, 0.1) is 0 Å². The second-order valence-corrected chi connectivity index (χ2v) is 3.74. The van der Waals surface area contributed by atoms with E-state index in [1.165, 1.54) is 21.2 Å². The molecule has 0 aliphatic heterocycles. The molecule has 0 saturated heterocycles. The molecule has 2 rings (SSSR count). The average molecular weight is 161 g/mol. The Labute approximate surface area is 70.5 Å². The highest BCUT2D eigenvalue weighted by molar-refractivity contribution is 7.16. The molecular weight excluding hydrogens is 152 g/mol. The lowest BCUT2D eigenvalue weighted by atomic mass is 10.1. The van der Waals surface area contributed by atoms with E-state index in [1.807, 2.05) is 0 Å². The van der Waals surface area contributed by atoms with Gasteiger partial charge in [-0.05, 0) is 42.5 Å². The van der Waals surface area contributed by atoms with Gasteiger partial charge >= 0.3 is 0 Å². The highest BCUT2D eigenvalue weighted by Crippen LogP contribution is 2.24. The molecule has 1 aromatic heterocycles. The molecule has 55 valence electrons. The van der Waals surface area contributed by atoms with Gasteiger partial charge in [-0.15, -0.1) is 11.3 Å². The molecule has 0 saturated carbocycles. The van der Waals surface area contributed by atoms with Crippen molar-refractivity contribution in [2.75, 3.05) is 0 Å². The molecule has 0 atom stereocenters. The molecule has 11 heavy (non-hydrogen) atoms. The lowest BCUT2D eigenvalue weighted by Crippen LogP contribution is -1.75. The first-order chi connectivity index (χ1) is 5.27. The second-order valence-electron chi connectivity index (χ2n) is 2.86. The molecule has 0 nitrogen and oxygen atoms in total. The Kier molecular flexibility index (Phi) is 1.46. The molecule has 0 unspecified atom stereocenters. The topological polar surface area (TPSA) is 0 Å². The third-order valence-corrected chi connectivity index (χ3v) is 2.66. The van der Waals surface area contributed by atoms with Crippen LogP contribution in [0.4, 0.5) is 0 Å². The monoisotopic (exact) mass is 161 g/mol. The van der Waals surface area contributed by atoms with Gasteiger partial charge in [-0.3, -0.25) is 0 Å². The Hall–Kier alpha value is -0.820. The Morgan fingerprint density at radius 3 is 2.91 bits per heavy atom. The summed E-state index contributed by atoms with van der Waals surface area (Å²) in [5.74, 6) is 0. The summed E-state index contributed by atoms with van der Waals surface area (Å²) < 4.78 is 1.35. The standard InChI is InChI=1S/C10H9S/c1-7-5-8(2)9-3-4-11-10(9)6-7/h3,5-6H,1-2H3. The van der Waals surface area contributed by atoms with Gasteiger partial charge in [0.25, 0.3) is 0 Å². The number of aryl methyl sites for hydroxylation is 2. The van der Waals surface area contributed by atoms with Crippen LogP contribution < -0.4 is 0 Å². The summed E-state index contributed by atoms with van der Waals surface area (Å²) in [5.41, 5.74) is 2.70. The van der Waals surface area contributed by atoms with Gasteiger partial charge in [0.15, 0.2) is 0 Å². The van der Waals surface area contributed by atoms with Crippen molar-refractivity contribution in [3.63, 3.8) is 0 Å². The van der Waals surface area contributed by atoms with E-state index < -0.39 is 0 Å². The van der Waals surface area contributed by atoms with E-state index in [9.17, 15) is 0 Å². The first-order valence-corrected chi connectivity index (χ1v) is 4.46. The Balaban J connectivity index is 2.91. The predicted octanol–water partition coefficient (Wildman–Crippen LogP) is 3.32. The molecule has 1 heterocycles. The van der Waals surface area contributed by atoms with Crippen molar-refractivity contribution in [3.05, 3.63) is 34.7 Å². The lowest BCUT2D eigenvalue weighted by molar-refractivity contribution is 1.44. The fourth-order valence-electron chi connectivity index (χ4n) is 1.36. The number of rotatable bonds is 0. The van der Waals surface area contributed by atoms with Crippen LogP contribution in [0.1, 0.15) is 11.1 Å². The van der Waals surface area contributed by atoms with Crippen LogP contribution in [0.2, 0.25) is 0 Å². The molecule has 0 amide bonds. The zero-order valence-electron chi connectivity index (χ0n) is 6.64. The highest BCUT2D eigenvalue weighted by Gasteiger charge is 1.98. The maximum atomic E-state index is 3.15. The third-order valence-electron chi connectivity index (χ3n) is 1.87. The summed E-state index contributed by atoms with van der Waals surface area (Å²) in [4.78, 5) is 0. The molecule has 2 aromatic rings. The Bertz CT molecular complexity index is 385. The quantitative estimate of drug-likeness (QED) is 0.556. The van der Waals surface area contributed by atoms with Crippen LogP contribution in [-0.2, 0) is 0 Å². The molecule has 0 spiro atoms. The summed E-state index contributed by atoms with van der Waals surface area (Å²) in [6.07, 6.45) is 0. The maximum absolute atomic E-state index is 3.15. The van der Waals surface area contributed by atoms with Crippen LogP contribution in [-0.4, -0.2) is 0 Å². The van der Waals surface area contributed by atoms with Gasteiger partial charge in [0, 0.05) is 10.1 Å². The Morgan fingerprint density at radius 1 is 1.27 bits per heavy atom. The molecule has 0 N–H and O–H groups in total. The van der Waals surface area contributed by atoms with Crippen molar-refractivity contribution in [1.29, 1.82) is 0 Å². The maximum Gasteiger partial charge on any atom is 0.0455 e. The number of benzene rings is 1. The van der Waals surface area contributed by atoms with E-state index in [4.69, 9.17) is 0 Å². The van der Waals surface area contributed by atoms with Gasteiger partial charge in [0.1, 0.15) is 0 Å². The summed E-state index contributed by atoms with van der Waals surface area (Å²) in [6.45, 7) is 4.28. The van der Waals surface area contributed by atoms with Crippen LogP contribution in [0.25, 0.3) is 10.1 Å². The highest BCUT2D eigenvalue weighted by atomic mass is 32.1. The summed E-state index contributed by atoms with van der Waals surface area (Å²) in [6, 6.07) is 6.49.